The van der Waals surface area contributed by atoms with E-state index >= 15 is 0 Å². The van der Waals surface area contributed by atoms with Crippen molar-refractivity contribution < 1.29 is 14.5 Å². The molecule has 0 aliphatic rings. The van der Waals surface area contributed by atoms with E-state index in [2.05, 4.69) is 20.5 Å². The Morgan fingerprint density at radius 3 is 2.53 bits per heavy atom. The van der Waals surface area contributed by atoms with Gasteiger partial charge >= 0.3 is 5.97 Å². The van der Waals surface area contributed by atoms with E-state index in [1.165, 1.54) is 21.6 Å². The van der Waals surface area contributed by atoms with Gasteiger partial charge in [-0.2, -0.15) is 9.90 Å². The number of tetrazole rings is 1. The normalized spacial score (nSPS) is 10.8. The highest BCUT2D eigenvalue weighted by atomic mass is 16.6. The number of ether oxygens (including phenoxy) is 1. The second-order valence-electron chi connectivity index (χ2n) is 6.93. The number of rotatable bonds is 8. The van der Waals surface area contributed by atoms with Gasteiger partial charge in [0.1, 0.15) is 11.3 Å². The maximum absolute atomic E-state index is 12.6. The van der Waals surface area contributed by atoms with Crippen molar-refractivity contribution in [1.29, 1.82) is 0 Å². The molecule has 0 N–H and O–H groups in total. The summed E-state index contributed by atoms with van der Waals surface area (Å²) in [5.74, 6) is 0.00803. The molecule has 0 spiro atoms. The van der Waals surface area contributed by atoms with E-state index in [1.54, 1.807) is 25.4 Å². The third-order valence-electron chi connectivity index (χ3n) is 4.62. The minimum atomic E-state index is -0.525. The zero-order valence-corrected chi connectivity index (χ0v) is 17.2. The number of aromatic nitrogens is 6. The molecule has 32 heavy (non-hydrogen) atoms. The number of carbonyl (C=O) groups excluding carboxylic acids is 1. The number of hydrogen-bond donors (Lipinski definition) is 0. The van der Waals surface area contributed by atoms with Crippen LogP contribution in [0.25, 0.3) is 22.6 Å². The fraction of sp³-hybridized carbons (Fsp3) is 0.190. The Labute approximate surface area is 182 Å². The lowest BCUT2D eigenvalue weighted by Gasteiger charge is -2.05. The molecule has 0 fully saturated rings. The molecule has 0 saturated heterocycles. The second kappa shape index (κ2) is 9.16. The molecule has 162 valence electrons. The van der Waals surface area contributed by atoms with Crippen LogP contribution in [0.1, 0.15) is 16.8 Å². The molecule has 2 aromatic carbocycles. The van der Waals surface area contributed by atoms with Gasteiger partial charge in [0.05, 0.1) is 18.1 Å². The zero-order chi connectivity index (χ0) is 22.5. The van der Waals surface area contributed by atoms with Gasteiger partial charge in [-0.3, -0.25) is 14.8 Å². The third-order valence-corrected chi connectivity index (χ3v) is 4.62. The van der Waals surface area contributed by atoms with Gasteiger partial charge in [-0.1, -0.05) is 30.3 Å². The minimum absolute atomic E-state index is 0.0362. The molecular weight excluding hydrogens is 414 g/mol. The molecule has 2 aromatic heterocycles. The summed E-state index contributed by atoms with van der Waals surface area (Å²) in [4.78, 5) is 24.4. The highest BCUT2D eigenvalue weighted by molar-refractivity contribution is 5.96. The summed E-state index contributed by atoms with van der Waals surface area (Å²) in [6.45, 7) is 0.602. The first-order valence-electron chi connectivity index (χ1n) is 9.80. The van der Waals surface area contributed by atoms with Crippen LogP contribution in [0.5, 0.6) is 0 Å². The van der Waals surface area contributed by atoms with E-state index < -0.39 is 10.9 Å². The van der Waals surface area contributed by atoms with Gasteiger partial charge in [0.2, 0.25) is 5.82 Å². The molecule has 11 nitrogen and oxygen atoms in total. The smallest absolute Gasteiger partial charge is 0.341 e. The van der Waals surface area contributed by atoms with Crippen molar-refractivity contribution in [1.82, 2.24) is 30.0 Å². The molecule has 0 aliphatic heterocycles. The summed E-state index contributed by atoms with van der Waals surface area (Å²) < 4.78 is 6.89. The van der Waals surface area contributed by atoms with Crippen LogP contribution in [0.2, 0.25) is 0 Å². The molecule has 4 rings (SSSR count). The van der Waals surface area contributed by atoms with E-state index in [-0.39, 0.29) is 17.9 Å². The van der Waals surface area contributed by atoms with Gasteiger partial charge < -0.3 is 4.74 Å². The lowest BCUT2D eigenvalue weighted by molar-refractivity contribution is -0.384. The lowest BCUT2D eigenvalue weighted by atomic mass is 10.1. The molecule has 0 unspecified atom stereocenters. The fourth-order valence-electron chi connectivity index (χ4n) is 3.08. The quantitative estimate of drug-likeness (QED) is 0.179. The number of hydrogen-bond acceptors (Lipinski definition) is 8. The summed E-state index contributed by atoms with van der Waals surface area (Å²) in [6.07, 6.45) is 2.06. The largest absolute Gasteiger partial charge is 0.462 e. The number of nitrogens with zero attached hydrogens (tertiary/aromatic N) is 7. The highest BCUT2D eigenvalue weighted by Crippen LogP contribution is 2.25. The van der Waals surface area contributed by atoms with E-state index in [0.29, 0.717) is 30.0 Å². The van der Waals surface area contributed by atoms with Gasteiger partial charge in [-0.25, -0.2) is 4.79 Å². The van der Waals surface area contributed by atoms with Crippen molar-refractivity contribution in [3.05, 3.63) is 76.5 Å². The first kappa shape index (κ1) is 20.8. The molecule has 0 atom stereocenters. The van der Waals surface area contributed by atoms with Gasteiger partial charge in [-0.05, 0) is 17.3 Å². The first-order valence-corrected chi connectivity index (χ1v) is 9.80. The molecule has 0 aliphatic carbocycles. The Balaban J connectivity index is 1.35. The average molecular weight is 433 g/mol. The number of nitro benzene ring substituents is 1. The maximum Gasteiger partial charge on any atom is 0.341 e. The minimum Gasteiger partial charge on any atom is -0.462 e. The predicted molar refractivity (Wildman–Crippen MR) is 113 cm³/mol. The molecular formula is C21H19N7O4. The molecule has 0 bridgehead atoms. The van der Waals surface area contributed by atoms with Gasteiger partial charge in [0, 0.05) is 42.9 Å². The number of aryl methyl sites for hydroxylation is 2. The predicted octanol–water partition coefficient (Wildman–Crippen LogP) is 2.90. The number of benzene rings is 2. The van der Waals surface area contributed by atoms with E-state index in [1.807, 2.05) is 30.3 Å². The Morgan fingerprint density at radius 1 is 1.06 bits per heavy atom. The average Bonchev–Trinajstić information content (AvgIpc) is 3.44. The Hall–Kier alpha value is -4.41. The molecule has 0 saturated carbocycles. The highest BCUT2D eigenvalue weighted by Gasteiger charge is 2.19. The monoisotopic (exact) mass is 433 g/mol. The van der Waals surface area contributed by atoms with Crippen molar-refractivity contribution in [2.45, 2.75) is 13.0 Å². The molecule has 11 heteroatoms. The van der Waals surface area contributed by atoms with Crippen molar-refractivity contribution >= 4 is 11.7 Å². The maximum atomic E-state index is 12.6. The molecule has 4 aromatic rings. The van der Waals surface area contributed by atoms with E-state index in [9.17, 15) is 14.9 Å². The van der Waals surface area contributed by atoms with Crippen LogP contribution in [0, 0.1) is 10.1 Å². The second-order valence-corrected chi connectivity index (χ2v) is 6.93. The zero-order valence-electron chi connectivity index (χ0n) is 17.2. The van der Waals surface area contributed by atoms with Crippen LogP contribution >= 0.6 is 0 Å². The van der Waals surface area contributed by atoms with Crippen molar-refractivity contribution in [2.75, 3.05) is 6.61 Å². The van der Waals surface area contributed by atoms with Crippen molar-refractivity contribution in [3.8, 4) is 22.6 Å². The Bertz CT molecular complexity index is 1230. The van der Waals surface area contributed by atoms with E-state index in [0.717, 1.165) is 5.56 Å². The summed E-state index contributed by atoms with van der Waals surface area (Å²) in [5, 5.41) is 27.5. The third kappa shape index (κ3) is 4.67. The van der Waals surface area contributed by atoms with Crippen LogP contribution in [-0.2, 0) is 18.3 Å². The van der Waals surface area contributed by atoms with Crippen LogP contribution in [-0.4, -0.2) is 47.5 Å². The molecule has 2 heterocycles. The van der Waals surface area contributed by atoms with Crippen LogP contribution < -0.4 is 0 Å². The Morgan fingerprint density at radius 2 is 1.81 bits per heavy atom. The summed E-state index contributed by atoms with van der Waals surface area (Å²) in [6, 6.07) is 15.4. The van der Waals surface area contributed by atoms with Crippen LogP contribution in [0.3, 0.4) is 0 Å². The van der Waals surface area contributed by atoms with Crippen LogP contribution in [0.4, 0.5) is 5.69 Å². The Kier molecular flexibility index (Phi) is 5.97. The van der Waals surface area contributed by atoms with Crippen LogP contribution in [0.15, 0.2) is 60.8 Å². The SMILES string of the molecule is Cn1cc(C(=O)OCCCn2nnc(-c3ccccc3)n2)c(-c2ccc([N+](=O)[O-])cc2)n1. The number of carbonyl (C=O) groups is 1. The number of esters is 1. The summed E-state index contributed by atoms with van der Waals surface area (Å²) >= 11 is 0. The van der Waals surface area contributed by atoms with E-state index in [4.69, 9.17) is 4.74 Å². The summed E-state index contributed by atoms with van der Waals surface area (Å²) in [5.41, 5.74) is 2.11. The van der Waals surface area contributed by atoms with Crippen molar-refractivity contribution in [3.63, 3.8) is 0 Å². The summed E-state index contributed by atoms with van der Waals surface area (Å²) in [7, 11) is 1.69. The van der Waals surface area contributed by atoms with Gasteiger partial charge in [0.15, 0.2) is 0 Å². The number of nitro groups is 1. The van der Waals surface area contributed by atoms with Gasteiger partial charge in [-0.15, -0.1) is 10.2 Å². The van der Waals surface area contributed by atoms with Gasteiger partial charge in [0.25, 0.3) is 5.69 Å². The first-order chi connectivity index (χ1) is 15.5. The lowest BCUT2D eigenvalue weighted by Crippen LogP contribution is -2.10. The standard InChI is InChI=1S/C21H19N7O4/c1-26-14-18(19(23-26)15-8-10-17(11-9-15)28(30)31)21(29)32-13-5-12-27-24-20(22-25-27)16-6-3-2-4-7-16/h2-4,6-11,14H,5,12-13H2,1H3. The number of non-ortho nitro benzene ring substituents is 1. The fourth-order valence-corrected chi connectivity index (χ4v) is 3.08. The molecule has 0 radical (unpaired) electrons. The molecule has 0 amide bonds. The topological polar surface area (TPSA) is 131 Å². The van der Waals surface area contributed by atoms with Crippen molar-refractivity contribution in [2.24, 2.45) is 7.05 Å².